The lowest BCUT2D eigenvalue weighted by atomic mass is 9.90. The zero-order chi connectivity index (χ0) is 20.4. The molecule has 4 rings (SSSR count). The van der Waals surface area contributed by atoms with Crippen molar-refractivity contribution in [1.29, 1.82) is 0 Å². The molecule has 2 heterocycles. The van der Waals surface area contributed by atoms with E-state index >= 15 is 0 Å². The van der Waals surface area contributed by atoms with Crippen LogP contribution in [-0.2, 0) is 17.8 Å². The lowest BCUT2D eigenvalue weighted by Crippen LogP contribution is -2.39. The summed E-state index contributed by atoms with van der Waals surface area (Å²) in [6.45, 7) is 0.990. The van der Waals surface area contributed by atoms with E-state index in [1.54, 1.807) is 44.8 Å². The standard InChI is InChI=1S/C22H23N3O4/c1-28-19-7-6-14(8-20(19)29-2)9-21(27)25-11-17(15-4-3-5-16(26)10-15)22-18(12-25)23-13-24-22/h3-8,10,13,17,26H,9,11-12H2,1-2H3,(H,23,24). The second kappa shape index (κ2) is 7.87. The Morgan fingerprint density at radius 3 is 2.79 bits per heavy atom. The largest absolute Gasteiger partial charge is 0.508 e. The number of rotatable bonds is 5. The van der Waals surface area contributed by atoms with Gasteiger partial charge in [0.15, 0.2) is 11.5 Å². The molecule has 29 heavy (non-hydrogen) atoms. The minimum Gasteiger partial charge on any atom is -0.508 e. The van der Waals surface area contributed by atoms with Crippen LogP contribution < -0.4 is 9.47 Å². The summed E-state index contributed by atoms with van der Waals surface area (Å²) in [5.41, 5.74) is 3.63. The van der Waals surface area contributed by atoms with Gasteiger partial charge in [-0.05, 0) is 35.4 Å². The van der Waals surface area contributed by atoms with Gasteiger partial charge < -0.3 is 24.5 Å². The number of aromatic amines is 1. The van der Waals surface area contributed by atoms with Crippen molar-refractivity contribution < 1.29 is 19.4 Å². The van der Waals surface area contributed by atoms with Crippen molar-refractivity contribution in [2.75, 3.05) is 20.8 Å². The Morgan fingerprint density at radius 2 is 2.03 bits per heavy atom. The molecule has 1 amide bonds. The Balaban J connectivity index is 1.57. The number of methoxy groups -OCH3 is 2. The number of carbonyl (C=O) groups excluding carboxylic acids is 1. The maximum atomic E-state index is 13.1. The lowest BCUT2D eigenvalue weighted by Gasteiger charge is -2.32. The predicted molar refractivity (Wildman–Crippen MR) is 107 cm³/mol. The van der Waals surface area contributed by atoms with Crippen LogP contribution in [0.25, 0.3) is 0 Å². The molecule has 7 nitrogen and oxygen atoms in total. The average molecular weight is 393 g/mol. The summed E-state index contributed by atoms with van der Waals surface area (Å²) in [7, 11) is 3.16. The van der Waals surface area contributed by atoms with E-state index in [0.29, 0.717) is 24.6 Å². The zero-order valence-corrected chi connectivity index (χ0v) is 16.4. The highest BCUT2D eigenvalue weighted by Gasteiger charge is 2.31. The fraction of sp³-hybridized carbons (Fsp3) is 0.273. The van der Waals surface area contributed by atoms with Gasteiger partial charge in [0.05, 0.1) is 44.9 Å². The number of fused-ring (bicyclic) bond motifs is 1. The maximum Gasteiger partial charge on any atom is 0.227 e. The number of phenolic OH excluding ortho intramolecular Hbond substituents is 1. The van der Waals surface area contributed by atoms with E-state index in [1.807, 2.05) is 23.1 Å². The Hall–Kier alpha value is -3.48. The molecule has 0 saturated carbocycles. The number of aromatic hydroxyl groups is 1. The average Bonchev–Trinajstić information content (AvgIpc) is 3.21. The van der Waals surface area contributed by atoms with Crippen molar-refractivity contribution in [3.63, 3.8) is 0 Å². The number of nitrogens with one attached hydrogen (secondary N) is 1. The van der Waals surface area contributed by atoms with Gasteiger partial charge in [0.1, 0.15) is 5.75 Å². The van der Waals surface area contributed by atoms with Crippen molar-refractivity contribution in [1.82, 2.24) is 14.9 Å². The number of phenols is 1. The quantitative estimate of drug-likeness (QED) is 0.696. The van der Waals surface area contributed by atoms with E-state index in [1.165, 1.54) is 0 Å². The minimum atomic E-state index is -0.0912. The molecular weight excluding hydrogens is 370 g/mol. The third-order valence-corrected chi connectivity index (χ3v) is 5.26. The Labute approximate surface area is 168 Å². The summed E-state index contributed by atoms with van der Waals surface area (Å²) in [6.07, 6.45) is 1.92. The normalized spacial score (nSPS) is 15.7. The summed E-state index contributed by atoms with van der Waals surface area (Å²) >= 11 is 0. The number of benzene rings is 2. The molecule has 3 aromatic rings. The summed E-state index contributed by atoms with van der Waals surface area (Å²) in [4.78, 5) is 22.5. The minimum absolute atomic E-state index is 0.0163. The first-order valence-corrected chi connectivity index (χ1v) is 9.38. The van der Waals surface area contributed by atoms with Crippen molar-refractivity contribution in [3.8, 4) is 17.2 Å². The van der Waals surface area contributed by atoms with Crippen LogP contribution in [0.15, 0.2) is 48.8 Å². The number of hydrogen-bond acceptors (Lipinski definition) is 5. The van der Waals surface area contributed by atoms with E-state index in [-0.39, 0.29) is 24.0 Å². The number of ether oxygens (including phenoxy) is 2. The van der Waals surface area contributed by atoms with Crippen molar-refractivity contribution in [2.24, 2.45) is 0 Å². The molecular formula is C22H23N3O4. The van der Waals surface area contributed by atoms with Crippen molar-refractivity contribution in [3.05, 3.63) is 71.3 Å². The summed E-state index contributed by atoms with van der Waals surface area (Å²) in [5.74, 6) is 1.36. The second-order valence-electron chi connectivity index (χ2n) is 7.05. The van der Waals surface area contributed by atoms with E-state index in [2.05, 4.69) is 9.97 Å². The van der Waals surface area contributed by atoms with Crippen LogP contribution in [0.1, 0.15) is 28.4 Å². The van der Waals surface area contributed by atoms with Gasteiger partial charge in [-0.2, -0.15) is 0 Å². The predicted octanol–water partition coefficient (Wildman–Crippen LogP) is 2.85. The zero-order valence-electron chi connectivity index (χ0n) is 16.4. The van der Waals surface area contributed by atoms with Gasteiger partial charge in [0.25, 0.3) is 0 Å². The van der Waals surface area contributed by atoms with Crippen LogP contribution in [0.5, 0.6) is 17.2 Å². The first kappa shape index (κ1) is 18.9. The van der Waals surface area contributed by atoms with E-state index in [0.717, 1.165) is 22.5 Å². The third kappa shape index (κ3) is 3.76. The first-order chi connectivity index (χ1) is 14.1. The SMILES string of the molecule is COc1ccc(CC(=O)N2Cc3[nH]cnc3C(c3cccc(O)c3)C2)cc1OC. The summed E-state index contributed by atoms with van der Waals surface area (Å²) in [6, 6.07) is 12.6. The highest BCUT2D eigenvalue weighted by atomic mass is 16.5. The number of carbonyl (C=O) groups is 1. The molecule has 0 bridgehead atoms. The van der Waals surface area contributed by atoms with Crippen LogP contribution in [0, 0.1) is 0 Å². The van der Waals surface area contributed by atoms with Crippen LogP contribution in [0.2, 0.25) is 0 Å². The van der Waals surface area contributed by atoms with Gasteiger partial charge in [-0.1, -0.05) is 18.2 Å². The van der Waals surface area contributed by atoms with Crippen LogP contribution in [-0.4, -0.2) is 46.6 Å². The summed E-state index contributed by atoms with van der Waals surface area (Å²) < 4.78 is 10.6. The monoisotopic (exact) mass is 393 g/mol. The smallest absolute Gasteiger partial charge is 0.227 e. The Morgan fingerprint density at radius 1 is 1.21 bits per heavy atom. The molecule has 7 heteroatoms. The summed E-state index contributed by atoms with van der Waals surface area (Å²) in [5, 5.41) is 9.87. The molecule has 1 aliphatic heterocycles. The highest BCUT2D eigenvalue weighted by molar-refractivity contribution is 5.79. The number of hydrogen-bond donors (Lipinski definition) is 2. The molecule has 0 saturated heterocycles. The molecule has 0 aliphatic carbocycles. The van der Waals surface area contributed by atoms with Crippen LogP contribution >= 0.6 is 0 Å². The fourth-order valence-electron chi connectivity index (χ4n) is 3.79. The van der Waals surface area contributed by atoms with Gasteiger partial charge in [0, 0.05) is 12.5 Å². The third-order valence-electron chi connectivity index (χ3n) is 5.26. The molecule has 1 atom stereocenters. The van der Waals surface area contributed by atoms with E-state index in [9.17, 15) is 9.90 Å². The van der Waals surface area contributed by atoms with Crippen LogP contribution in [0.4, 0.5) is 0 Å². The second-order valence-corrected chi connectivity index (χ2v) is 7.05. The van der Waals surface area contributed by atoms with Gasteiger partial charge in [-0.15, -0.1) is 0 Å². The number of H-pyrrole nitrogens is 1. The number of imidazole rings is 1. The molecule has 0 fully saturated rings. The maximum absolute atomic E-state index is 13.1. The fourth-order valence-corrected chi connectivity index (χ4v) is 3.79. The molecule has 1 aliphatic rings. The number of nitrogens with zero attached hydrogens (tertiary/aromatic N) is 2. The van der Waals surface area contributed by atoms with Gasteiger partial charge >= 0.3 is 0 Å². The molecule has 2 aromatic carbocycles. The lowest BCUT2D eigenvalue weighted by molar-refractivity contribution is -0.131. The van der Waals surface area contributed by atoms with Gasteiger partial charge in [0.2, 0.25) is 5.91 Å². The topological polar surface area (TPSA) is 87.7 Å². The highest BCUT2D eigenvalue weighted by Crippen LogP contribution is 2.33. The van der Waals surface area contributed by atoms with Crippen molar-refractivity contribution >= 4 is 5.91 Å². The van der Waals surface area contributed by atoms with E-state index < -0.39 is 0 Å². The first-order valence-electron chi connectivity index (χ1n) is 9.38. The number of amides is 1. The van der Waals surface area contributed by atoms with Crippen molar-refractivity contribution in [2.45, 2.75) is 18.9 Å². The van der Waals surface area contributed by atoms with Crippen LogP contribution in [0.3, 0.4) is 0 Å². The molecule has 0 radical (unpaired) electrons. The van der Waals surface area contributed by atoms with E-state index in [4.69, 9.17) is 9.47 Å². The molecule has 1 aromatic heterocycles. The molecule has 1 unspecified atom stereocenters. The molecule has 150 valence electrons. The number of aromatic nitrogens is 2. The van der Waals surface area contributed by atoms with Gasteiger partial charge in [-0.3, -0.25) is 4.79 Å². The molecule has 2 N–H and O–H groups in total. The Bertz CT molecular complexity index is 1030. The van der Waals surface area contributed by atoms with Gasteiger partial charge in [-0.25, -0.2) is 4.98 Å². The Kier molecular flexibility index (Phi) is 5.12. The molecule has 0 spiro atoms.